The van der Waals surface area contributed by atoms with Gasteiger partial charge >= 0.3 is 11.9 Å². The van der Waals surface area contributed by atoms with Crippen LogP contribution in [0.3, 0.4) is 0 Å². The quantitative estimate of drug-likeness (QED) is 0.242. The minimum Gasteiger partial charge on any atom is -0.478 e. The number of H-pyrrole nitrogens is 2. The number of hydrogen-bond donors (Lipinski definition) is 4. The van der Waals surface area contributed by atoms with Gasteiger partial charge in [0.05, 0.1) is 52.1 Å². The van der Waals surface area contributed by atoms with Crippen molar-refractivity contribution in [1.29, 1.82) is 0 Å². The fraction of sp³-hybridized carbons (Fsp3) is 0.200. The predicted molar refractivity (Wildman–Crippen MR) is 141 cm³/mol. The maximum atomic E-state index is 11.5. The van der Waals surface area contributed by atoms with Crippen LogP contribution in [0.4, 0.5) is 0 Å². The normalized spacial score (nSPS) is 9.64. The first-order chi connectivity index (χ1) is 16.7. The van der Waals surface area contributed by atoms with E-state index < -0.39 is 5.97 Å². The molecule has 9 nitrogen and oxygen atoms in total. The van der Waals surface area contributed by atoms with Gasteiger partial charge in [0.2, 0.25) is 0 Å². The highest BCUT2D eigenvalue weighted by molar-refractivity contribution is 6.33. The first-order valence-corrected chi connectivity index (χ1v) is 10.8. The number of nitrogens with zero attached hydrogens (tertiary/aromatic N) is 2. The smallest absolute Gasteiger partial charge is 0.337 e. The molecule has 0 atom stereocenters. The number of carbonyl (C=O) groups is 2. The molecular weight excluding hydrogens is 507 g/mol. The number of aromatic amines is 2. The van der Waals surface area contributed by atoms with E-state index in [0.29, 0.717) is 27.0 Å². The first kappa shape index (κ1) is 30.4. The number of aliphatic hydroxyl groups is 1. The van der Waals surface area contributed by atoms with Gasteiger partial charge in [-0.3, -0.25) is 10.2 Å². The molecular formula is C25H28Cl2N4O5. The van der Waals surface area contributed by atoms with E-state index in [-0.39, 0.29) is 19.0 Å². The summed E-state index contributed by atoms with van der Waals surface area (Å²) >= 11 is 11.9. The molecule has 0 aliphatic rings. The summed E-state index contributed by atoms with van der Waals surface area (Å²) in [6.07, 6.45) is 3.02. The number of ether oxygens (including phenoxy) is 1. The number of halogens is 2. The number of carboxylic acid groups (broad SMARTS) is 1. The molecule has 4 rings (SSSR count). The zero-order chi connectivity index (χ0) is 26.1. The highest BCUT2D eigenvalue weighted by atomic mass is 35.5. The minimum atomic E-state index is -0.961. The Morgan fingerprint density at radius 2 is 1.25 bits per heavy atom. The van der Waals surface area contributed by atoms with Gasteiger partial charge in [0.15, 0.2) is 0 Å². The van der Waals surface area contributed by atoms with Crippen LogP contribution in [-0.4, -0.2) is 56.8 Å². The van der Waals surface area contributed by atoms with Crippen LogP contribution in [0.15, 0.2) is 48.8 Å². The molecule has 11 heteroatoms. The Hall–Kier alpha value is -3.66. The lowest BCUT2D eigenvalue weighted by molar-refractivity contribution is 0.0600. The predicted octanol–water partition coefficient (Wildman–Crippen LogP) is 5.81. The minimum absolute atomic E-state index is 0. The number of aliphatic hydroxyl groups excluding tert-OH is 1. The van der Waals surface area contributed by atoms with Crippen LogP contribution < -0.4 is 0 Å². The molecule has 0 unspecified atom stereocenters. The molecule has 0 saturated heterocycles. The zero-order valence-electron chi connectivity index (χ0n) is 19.4. The summed E-state index contributed by atoms with van der Waals surface area (Å²) in [6.45, 7) is 3.83. The molecule has 0 radical (unpaired) electrons. The number of aromatic nitrogens is 4. The SMILES string of the molecule is C.CO.COC(=O)c1ccc(C)c(-c2[nH]ncc2Cl)c1.Cc1ccc(C(=O)O)cc1-c1[nH]ncc1Cl. The lowest BCUT2D eigenvalue weighted by atomic mass is 10.0. The molecule has 4 N–H and O–H groups in total. The Morgan fingerprint density at radius 3 is 1.61 bits per heavy atom. The van der Waals surface area contributed by atoms with Crippen molar-refractivity contribution < 1.29 is 24.5 Å². The average molecular weight is 535 g/mol. The molecule has 0 aliphatic heterocycles. The molecule has 2 heterocycles. The molecule has 2 aromatic carbocycles. The third kappa shape index (κ3) is 7.17. The summed E-state index contributed by atoms with van der Waals surface area (Å²) in [5.74, 6) is -1.33. The van der Waals surface area contributed by atoms with Crippen LogP contribution in [0, 0.1) is 13.8 Å². The van der Waals surface area contributed by atoms with E-state index in [0.717, 1.165) is 29.4 Å². The monoisotopic (exact) mass is 534 g/mol. The van der Waals surface area contributed by atoms with Crippen LogP contribution in [0.2, 0.25) is 10.0 Å². The Kier molecular flexibility index (Phi) is 11.8. The van der Waals surface area contributed by atoms with Gasteiger partial charge in [0.1, 0.15) is 0 Å². The van der Waals surface area contributed by atoms with Crippen LogP contribution >= 0.6 is 23.2 Å². The number of benzene rings is 2. The van der Waals surface area contributed by atoms with Crippen LogP contribution in [0.5, 0.6) is 0 Å². The number of carbonyl (C=O) groups excluding carboxylic acids is 1. The topological polar surface area (TPSA) is 141 Å². The average Bonchev–Trinajstić information content (AvgIpc) is 3.48. The fourth-order valence-corrected chi connectivity index (χ4v) is 3.47. The van der Waals surface area contributed by atoms with Gasteiger partial charge in [-0.2, -0.15) is 10.2 Å². The van der Waals surface area contributed by atoms with Gasteiger partial charge in [0.25, 0.3) is 0 Å². The molecule has 0 saturated carbocycles. The number of methoxy groups -OCH3 is 1. The molecule has 4 aromatic rings. The summed E-state index contributed by atoms with van der Waals surface area (Å²) in [4.78, 5) is 22.3. The Bertz CT molecular complexity index is 1320. The first-order valence-electron chi connectivity index (χ1n) is 10.1. The third-order valence-electron chi connectivity index (χ3n) is 4.87. The fourth-order valence-electron chi connectivity index (χ4n) is 3.08. The van der Waals surface area contributed by atoms with Gasteiger partial charge in [-0.25, -0.2) is 9.59 Å². The zero-order valence-corrected chi connectivity index (χ0v) is 20.9. The van der Waals surface area contributed by atoms with E-state index in [4.69, 9.17) is 33.4 Å². The highest BCUT2D eigenvalue weighted by Crippen LogP contribution is 2.29. The van der Waals surface area contributed by atoms with Crippen molar-refractivity contribution in [3.8, 4) is 22.5 Å². The molecule has 36 heavy (non-hydrogen) atoms. The summed E-state index contributed by atoms with van der Waals surface area (Å²) in [6, 6.07) is 10.2. The number of carboxylic acids is 1. The van der Waals surface area contributed by atoms with Crippen molar-refractivity contribution in [1.82, 2.24) is 20.4 Å². The molecule has 192 valence electrons. The van der Waals surface area contributed by atoms with E-state index >= 15 is 0 Å². The van der Waals surface area contributed by atoms with Crippen molar-refractivity contribution in [3.63, 3.8) is 0 Å². The second-order valence-corrected chi connectivity index (χ2v) is 7.86. The van der Waals surface area contributed by atoms with Crippen molar-refractivity contribution in [2.24, 2.45) is 0 Å². The lowest BCUT2D eigenvalue weighted by Crippen LogP contribution is -2.01. The van der Waals surface area contributed by atoms with Crippen molar-refractivity contribution in [3.05, 3.63) is 81.1 Å². The van der Waals surface area contributed by atoms with E-state index in [1.165, 1.54) is 19.5 Å². The number of nitrogens with one attached hydrogen (secondary N) is 2. The lowest BCUT2D eigenvalue weighted by Gasteiger charge is -2.06. The van der Waals surface area contributed by atoms with Gasteiger partial charge in [-0.1, -0.05) is 42.8 Å². The van der Waals surface area contributed by atoms with Crippen LogP contribution in [0.25, 0.3) is 22.5 Å². The molecule has 0 fully saturated rings. The van der Waals surface area contributed by atoms with Crippen molar-refractivity contribution >= 4 is 35.1 Å². The van der Waals surface area contributed by atoms with Gasteiger partial charge in [-0.15, -0.1) is 0 Å². The van der Waals surface area contributed by atoms with Gasteiger partial charge in [-0.05, 0) is 49.2 Å². The summed E-state index contributed by atoms with van der Waals surface area (Å²) in [5, 5.41) is 30.1. The van der Waals surface area contributed by atoms with Crippen LogP contribution in [-0.2, 0) is 4.74 Å². The maximum absolute atomic E-state index is 11.5. The van der Waals surface area contributed by atoms with E-state index in [1.807, 2.05) is 19.9 Å². The van der Waals surface area contributed by atoms with Gasteiger partial charge in [0, 0.05) is 18.2 Å². The number of aryl methyl sites for hydroxylation is 2. The third-order valence-corrected chi connectivity index (χ3v) is 5.44. The highest BCUT2D eigenvalue weighted by Gasteiger charge is 2.13. The molecule has 0 aliphatic carbocycles. The maximum Gasteiger partial charge on any atom is 0.337 e. The number of aromatic carboxylic acids is 1. The molecule has 2 aromatic heterocycles. The number of hydrogen-bond acceptors (Lipinski definition) is 6. The number of esters is 1. The summed E-state index contributed by atoms with van der Waals surface area (Å²) < 4.78 is 4.68. The van der Waals surface area contributed by atoms with Crippen LogP contribution in [0.1, 0.15) is 39.3 Å². The molecule has 0 bridgehead atoms. The Morgan fingerprint density at radius 1 is 0.833 bits per heavy atom. The van der Waals surface area contributed by atoms with Crippen molar-refractivity contribution in [2.75, 3.05) is 14.2 Å². The Balaban J connectivity index is 0.000000329. The largest absolute Gasteiger partial charge is 0.478 e. The summed E-state index contributed by atoms with van der Waals surface area (Å²) in [7, 11) is 2.35. The summed E-state index contributed by atoms with van der Waals surface area (Å²) in [5.41, 5.74) is 5.60. The van der Waals surface area contributed by atoms with E-state index in [9.17, 15) is 9.59 Å². The molecule has 0 amide bonds. The van der Waals surface area contributed by atoms with E-state index in [1.54, 1.807) is 30.3 Å². The van der Waals surface area contributed by atoms with Gasteiger partial charge < -0.3 is 14.9 Å². The van der Waals surface area contributed by atoms with E-state index in [2.05, 4.69) is 25.1 Å². The number of rotatable bonds is 4. The molecule has 0 spiro atoms. The second-order valence-electron chi connectivity index (χ2n) is 7.04. The Labute approximate surface area is 219 Å². The second kappa shape index (κ2) is 14.0. The standard InChI is InChI=1S/C12H11ClN2O2.C11H9ClN2O2.CH4O.CH4/c1-7-3-4-8(12(16)17-2)5-9(7)11-10(13)6-14-15-11;1-6-2-3-7(11(15)16)4-8(6)10-9(12)5-13-14-10;1-2;/h3-6H,1-2H3,(H,14,15);2-5H,1H3,(H,13,14)(H,15,16);2H,1H3;1H4. The van der Waals surface area contributed by atoms with Crippen molar-refractivity contribution in [2.45, 2.75) is 21.3 Å².